The molecule has 1 saturated heterocycles. The zero-order valence-corrected chi connectivity index (χ0v) is 36.1. The SMILES string of the molecule is CC[C@H](NC(=O)[C@H]([C@@H](C)CC)N1CCC(NC(=O)Cc2ccc(NC(=O)c3ccc4ncccc4c3)cc2)C1=O)C(=O)N[C@H](CCCN=C(N)N)C(=O)N[C@H](C(N)=O)[C@@H](C)CC. The van der Waals surface area contributed by atoms with E-state index in [4.69, 9.17) is 17.2 Å². The van der Waals surface area contributed by atoms with Crippen molar-refractivity contribution in [2.24, 2.45) is 34.0 Å². The molecule has 7 atom stereocenters. The number of primary amides is 1. The minimum absolute atomic E-state index is 0.0215. The van der Waals surface area contributed by atoms with Crippen molar-refractivity contribution in [3.05, 3.63) is 71.9 Å². The smallest absolute Gasteiger partial charge is 0.255 e. The molecular formula is C44H61N11O7. The molecule has 0 bridgehead atoms. The number of aromatic nitrogens is 1. The molecule has 0 saturated carbocycles. The Bertz CT molecular complexity index is 2110. The molecule has 0 radical (unpaired) electrons. The number of nitrogens with one attached hydrogen (secondary N) is 5. The second-order valence-electron chi connectivity index (χ2n) is 15.8. The van der Waals surface area contributed by atoms with E-state index in [-0.39, 0.29) is 68.4 Å². The van der Waals surface area contributed by atoms with Crippen molar-refractivity contribution in [3.8, 4) is 0 Å². The molecule has 62 heavy (non-hydrogen) atoms. The van der Waals surface area contributed by atoms with Crippen molar-refractivity contribution in [2.45, 2.75) is 110 Å². The predicted molar refractivity (Wildman–Crippen MR) is 236 cm³/mol. The van der Waals surface area contributed by atoms with Crippen LogP contribution in [-0.2, 0) is 35.2 Å². The Morgan fingerprint density at radius 1 is 0.839 bits per heavy atom. The van der Waals surface area contributed by atoms with Gasteiger partial charge in [0.1, 0.15) is 30.2 Å². The standard InChI is InChI=1S/C44H61N11O7/c1-6-25(4)36(38(45)57)54-41(60)33(12-10-21-49-44(46)47)53-40(59)31(8-3)52-42(61)37(26(5)7-2)55-22-19-34(43(55)62)51-35(56)23-27-13-16-30(17-14-27)50-39(58)29-15-18-32-28(24-29)11-9-20-48-32/h9,11,13-18,20,24-26,31,33-34,36-37H,6-8,10,12,19,21-23H2,1-5H3,(H2,45,57)(H,50,58)(H,51,56)(H,52,61)(H,53,59)(H,54,60)(H4,46,47,49)/t25-,26-,31-,33+,34?,36-,37-/m0/s1. The maximum Gasteiger partial charge on any atom is 0.255 e. The molecule has 0 spiro atoms. The molecule has 2 aromatic carbocycles. The number of carbonyl (C=O) groups excluding carboxylic acids is 7. The van der Waals surface area contributed by atoms with Crippen LogP contribution in [0.1, 0.15) is 89.1 Å². The summed E-state index contributed by atoms with van der Waals surface area (Å²) in [7, 11) is 0. The number of fused-ring (bicyclic) bond motifs is 1. The fourth-order valence-electron chi connectivity index (χ4n) is 7.24. The van der Waals surface area contributed by atoms with Crippen molar-refractivity contribution < 1.29 is 33.6 Å². The molecular weight excluding hydrogens is 795 g/mol. The molecule has 1 aliphatic heterocycles. The number of benzene rings is 2. The first-order valence-electron chi connectivity index (χ1n) is 21.2. The van der Waals surface area contributed by atoms with Gasteiger partial charge in [-0.3, -0.25) is 43.5 Å². The highest BCUT2D eigenvalue weighted by atomic mass is 16.2. The summed E-state index contributed by atoms with van der Waals surface area (Å²) in [6.07, 6.45) is 3.63. The maximum atomic E-state index is 14.0. The highest BCUT2D eigenvalue weighted by Crippen LogP contribution is 2.23. The summed E-state index contributed by atoms with van der Waals surface area (Å²) in [6.45, 7) is 9.43. The summed E-state index contributed by atoms with van der Waals surface area (Å²) >= 11 is 0. The number of pyridine rings is 1. The van der Waals surface area contributed by atoms with Gasteiger partial charge in [0.05, 0.1) is 11.9 Å². The lowest BCUT2D eigenvalue weighted by atomic mass is 9.96. The van der Waals surface area contributed by atoms with E-state index < -0.39 is 59.7 Å². The van der Waals surface area contributed by atoms with Gasteiger partial charge in [0.25, 0.3) is 5.91 Å². The molecule has 1 aromatic heterocycles. The fraction of sp³-hybridized carbons (Fsp3) is 0.477. The van der Waals surface area contributed by atoms with Crippen LogP contribution in [0.3, 0.4) is 0 Å². The average Bonchev–Trinajstić information content (AvgIpc) is 3.60. The van der Waals surface area contributed by atoms with Crippen molar-refractivity contribution in [3.63, 3.8) is 0 Å². The summed E-state index contributed by atoms with van der Waals surface area (Å²) in [6, 6.07) is 10.8. The van der Waals surface area contributed by atoms with E-state index in [0.29, 0.717) is 36.1 Å². The molecule has 1 unspecified atom stereocenters. The zero-order chi connectivity index (χ0) is 45.5. The third-order valence-electron chi connectivity index (χ3n) is 11.2. The fourth-order valence-corrected chi connectivity index (χ4v) is 7.24. The number of amides is 7. The molecule has 3 aromatic rings. The van der Waals surface area contributed by atoms with E-state index in [1.165, 1.54) is 4.90 Å². The Kier molecular flexibility index (Phi) is 17.7. The van der Waals surface area contributed by atoms with E-state index >= 15 is 0 Å². The van der Waals surface area contributed by atoms with E-state index in [0.717, 1.165) is 10.9 Å². The first-order chi connectivity index (χ1) is 29.6. The summed E-state index contributed by atoms with van der Waals surface area (Å²) in [5, 5.41) is 14.7. The van der Waals surface area contributed by atoms with Crippen molar-refractivity contribution in [2.75, 3.05) is 18.4 Å². The number of hydrogen-bond donors (Lipinski definition) is 8. The van der Waals surface area contributed by atoms with Crippen LogP contribution in [0, 0.1) is 11.8 Å². The lowest BCUT2D eigenvalue weighted by Crippen LogP contribution is -2.59. The van der Waals surface area contributed by atoms with Gasteiger partial charge in [-0.05, 0) is 79.5 Å². The molecule has 11 N–H and O–H groups in total. The van der Waals surface area contributed by atoms with Crippen LogP contribution in [0.4, 0.5) is 5.69 Å². The third-order valence-corrected chi connectivity index (χ3v) is 11.2. The second-order valence-corrected chi connectivity index (χ2v) is 15.8. The number of likely N-dealkylation sites (tertiary alicyclic amines) is 1. The molecule has 4 rings (SSSR count). The van der Waals surface area contributed by atoms with Gasteiger partial charge >= 0.3 is 0 Å². The van der Waals surface area contributed by atoms with E-state index in [1.54, 1.807) is 68.6 Å². The van der Waals surface area contributed by atoms with E-state index in [9.17, 15) is 33.6 Å². The maximum absolute atomic E-state index is 14.0. The number of anilines is 1. The lowest BCUT2D eigenvalue weighted by Gasteiger charge is -2.33. The topological polar surface area (TPSA) is 286 Å². The highest BCUT2D eigenvalue weighted by molar-refractivity contribution is 6.06. The zero-order valence-electron chi connectivity index (χ0n) is 36.1. The van der Waals surface area contributed by atoms with Gasteiger partial charge in [0.2, 0.25) is 35.4 Å². The lowest BCUT2D eigenvalue weighted by molar-refractivity contribution is -0.142. The Morgan fingerprint density at radius 3 is 2.16 bits per heavy atom. The Labute approximate surface area is 362 Å². The number of carbonyl (C=O) groups is 7. The van der Waals surface area contributed by atoms with E-state index in [2.05, 4.69) is 36.6 Å². The highest BCUT2D eigenvalue weighted by Gasteiger charge is 2.42. The van der Waals surface area contributed by atoms with Crippen LogP contribution in [0.25, 0.3) is 10.9 Å². The Hall–Kier alpha value is -6.59. The van der Waals surface area contributed by atoms with Crippen LogP contribution >= 0.6 is 0 Å². The number of aliphatic imine (C=N–C) groups is 1. The third kappa shape index (κ3) is 13.2. The summed E-state index contributed by atoms with van der Waals surface area (Å²) in [5.74, 6) is -4.33. The van der Waals surface area contributed by atoms with E-state index in [1.807, 2.05) is 26.8 Å². The largest absolute Gasteiger partial charge is 0.370 e. The average molecular weight is 856 g/mol. The Morgan fingerprint density at radius 2 is 1.52 bits per heavy atom. The van der Waals surface area contributed by atoms with Crippen molar-refractivity contribution in [1.82, 2.24) is 31.2 Å². The number of guanidine groups is 1. The number of nitrogens with two attached hydrogens (primary N) is 3. The minimum Gasteiger partial charge on any atom is -0.370 e. The van der Waals surface area contributed by atoms with Gasteiger partial charge in [-0.1, -0.05) is 65.7 Å². The van der Waals surface area contributed by atoms with Crippen LogP contribution in [0.2, 0.25) is 0 Å². The normalized spacial score (nSPS) is 16.5. The first kappa shape index (κ1) is 48.1. The molecule has 1 aliphatic rings. The van der Waals surface area contributed by atoms with Gasteiger partial charge in [0, 0.05) is 35.9 Å². The van der Waals surface area contributed by atoms with Gasteiger partial charge in [-0.25, -0.2) is 0 Å². The summed E-state index contributed by atoms with van der Waals surface area (Å²) < 4.78 is 0. The van der Waals surface area contributed by atoms with Gasteiger partial charge in [-0.15, -0.1) is 0 Å². The molecule has 0 aliphatic carbocycles. The predicted octanol–water partition coefficient (Wildman–Crippen LogP) is 1.61. The molecule has 18 heteroatoms. The van der Waals surface area contributed by atoms with Gasteiger partial charge in [0.15, 0.2) is 5.96 Å². The van der Waals surface area contributed by atoms with Crippen LogP contribution in [-0.4, -0.2) is 100 Å². The minimum atomic E-state index is -1.11. The van der Waals surface area contributed by atoms with Crippen LogP contribution < -0.4 is 43.8 Å². The van der Waals surface area contributed by atoms with Gasteiger partial charge in [-0.2, -0.15) is 0 Å². The quantitative estimate of drug-likeness (QED) is 0.0411. The van der Waals surface area contributed by atoms with Crippen molar-refractivity contribution in [1.29, 1.82) is 0 Å². The van der Waals surface area contributed by atoms with Crippen LogP contribution in [0.15, 0.2) is 65.8 Å². The monoisotopic (exact) mass is 855 g/mol. The molecule has 7 amide bonds. The molecule has 334 valence electrons. The van der Waals surface area contributed by atoms with Gasteiger partial charge < -0.3 is 48.7 Å². The number of rotatable bonds is 22. The van der Waals surface area contributed by atoms with Crippen molar-refractivity contribution >= 4 is 63.9 Å². The first-order valence-corrected chi connectivity index (χ1v) is 21.2. The summed E-state index contributed by atoms with van der Waals surface area (Å²) in [5.41, 5.74) is 18.9. The number of hydrogen-bond acceptors (Lipinski definition) is 9. The van der Waals surface area contributed by atoms with Crippen LogP contribution in [0.5, 0.6) is 0 Å². The Balaban J connectivity index is 1.36. The molecule has 18 nitrogen and oxygen atoms in total. The molecule has 2 heterocycles. The second kappa shape index (κ2) is 22.9. The molecule has 1 fully saturated rings. The number of nitrogens with zero attached hydrogens (tertiary/aromatic N) is 3. The summed E-state index contributed by atoms with van der Waals surface area (Å²) in [4.78, 5) is 103.